The van der Waals surface area contributed by atoms with Gasteiger partial charge < -0.3 is 10.1 Å². The summed E-state index contributed by atoms with van der Waals surface area (Å²) in [4.78, 5) is 4.37. The van der Waals surface area contributed by atoms with Gasteiger partial charge in [0.1, 0.15) is 0 Å². The molecule has 0 atom stereocenters. The zero-order valence-electron chi connectivity index (χ0n) is 11.5. The number of hydrogen-bond donors (Lipinski definition) is 1. The van der Waals surface area contributed by atoms with Crippen LogP contribution in [0, 0.1) is 6.92 Å². The van der Waals surface area contributed by atoms with Gasteiger partial charge in [0.25, 0.3) is 0 Å². The lowest BCUT2D eigenvalue weighted by Crippen LogP contribution is -2.13. The number of hydrogen-bond acceptors (Lipinski definition) is 3. The molecule has 0 fully saturated rings. The average Bonchev–Trinajstić information content (AvgIpc) is 2.42. The molecule has 0 unspecified atom stereocenters. The summed E-state index contributed by atoms with van der Waals surface area (Å²) in [6.07, 6.45) is 1.90. The first-order chi connectivity index (χ1) is 9.28. The third-order valence-corrected chi connectivity index (χ3v) is 2.91. The Labute approximate surface area is 114 Å². The van der Waals surface area contributed by atoms with Crippen LogP contribution in [0.5, 0.6) is 0 Å². The Bertz CT molecular complexity index is 508. The number of ether oxygens (including phenoxy) is 1. The summed E-state index contributed by atoms with van der Waals surface area (Å²) in [6, 6.07) is 12.6. The van der Waals surface area contributed by atoms with Crippen molar-refractivity contribution >= 4 is 0 Å². The predicted molar refractivity (Wildman–Crippen MR) is 76.7 cm³/mol. The van der Waals surface area contributed by atoms with Crippen molar-refractivity contribution in [1.29, 1.82) is 0 Å². The smallest absolute Gasteiger partial charge is 0.0713 e. The lowest BCUT2D eigenvalue weighted by Gasteiger charge is -2.07. The van der Waals surface area contributed by atoms with Crippen LogP contribution in [0.2, 0.25) is 0 Å². The van der Waals surface area contributed by atoms with Gasteiger partial charge in [-0.3, -0.25) is 4.98 Å². The van der Waals surface area contributed by atoms with Crippen LogP contribution in [0.4, 0.5) is 0 Å². The number of pyridine rings is 1. The third kappa shape index (κ3) is 4.47. The molecule has 2 aromatic rings. The van der Waals surface area contributed by atoms with Crippen molar-refractivity contribution in [2.45, 2.75) is 26.6 Å². The molecule has 1 heterocycles. The van der Waals surface area contributed by atoms with Crippen LogP contribution < -0.4 is 5.32 Å². The number of nitrogens with one attached hydrogen (secondary N) is 1. The fourth-order valence-corrected chi connectivity index (χ4v) is 1.93. The molecule has 3 heteroatoms. The Kier molecular flexibility index (Phi) is 5.07. The van der Waals surface area contributed by atoms with Gasteiger partial charge in [0.2, 0.25) is 0 Å². The Balaban J connectivity index is 1.85. The van der Waals surface area contributed by atoms with E-state index in [0.29, 0.717) is 6.61 Å². The highest BCUT2D eigenvalue weighted by atomic mass is 16.5. The minimum absolute atomic E-state index is 0.660. The molecule has 0 aliphatic rings. The maximum Gasteiger partial charge on any atom is 0.0713 e. The molecule has 1 aromatic carbocycles. The van der Waals surface area contributed by atoms with Crippen molar-refractivity contribution in [1.82, 2.24) is 10.3 Å². The molecule has 1 aromatic heterocycles. The van der Waals surface area contributed by atoms with E-state index in [9.17, 15) is 0 Å². The molecule has 100 valence electrons. The van der Waals surface area contributed by atoms with Crippen molar-refractivity contribution in [2.75, 3.05) is 7.11 Å². The summed E-state index contributed by atoms with van der Waals surface area (Å²) in [5.41, 5.74) is 4.73. The standard InChI is InChI=1S/C16H20N2O/c1-13-6-7-16(18-9-13)11-17-10-14-4-3-5-15(8-14)12-19-2/h3-9,17H,10-12H2,1-2H3. The number of nitrogens with zero attached hydrogens (tertiary/aromatic N) is 1. The second-order valence-corrected chi connectivity index (χ2v) is 4.68. The highest BCUT2D eigenvalue weighted by molar-refractivity contribution is 5.23. The van der Waals surface area contributed by atoms with Crippen LogP contribution in [0.3, 0.4) is 0 Å². The minimum atomic E-state index is 0.660. The second-order valence-electron chi connectivity index (χ2n) is 4.68. The highest BCUT2D eigenvalue weighted by Crippen LogP contribution is 2.06. The van der Waals surface area contributed by atoms with E-state index in [1.54, 1.807) is 7.11 Å². The van der Waals surface area contributed by atoms with E-state index in [2.05, 4.69) is 46.7 Å². The predicted octanol–water partition coefficient (Wildman–Crippen LogP) is 2.83. The minimum Gasteiger partial charge on any atom is -0.380 e. The van der Waals surface area contributed by atoms with Crippen molar-refractivity contribution in [3.05, 3.63) is 65.0 Å². The third-order valence-electron chi connectivity index (χ3n) is 2.91. The lowest BCUT2D eigenvalue weighted by molar-refractivity contribution is 0.185. The maximum atomic E-state index is 5.14. The van der Waals surface area contributed by atoms with Crippen LogP contribution in [0.25, 0.3) is 0 Å². The van der Waals surface area contributed by atoms with Crippen molar-refractivity contribution in [2.24, 2.45) is 0 Å². The summed E-state index contributed by atoms with van der Waals surface area (Å²) < 4.78 is 5.14. The molecule has 0 amide bonds. The zero-order chi connectivity index (χ0) is 13.5. The van der Waals surface area contributed by atoms with Gasteiger partial charge in [-0.15, -0.1) is 0 Å². The molecule has 0 saturated carbocycles. The van der Waals surface area contributed by atoms with Gasteiger partial charge in [0, 0.05) is 26.4 Å². The van der Waals surface area contributed by atoms with Crippen molar-refractivity contribution in [3.8, 4) is 0 Å². The first kappa shape index (κ1) is 13.7. The molecule has 19 heavy (non-hydrogen) atoms. The fraction of sp³-hybridized carbons (Fsp3) is 0.312. The van der Waals surface area contributed by atoms with E-state index >= 15 is 0 Å². The van der Waals surface area contributed by atoms with Gasteiger partial charge in [-0.25, -0.2) is 0 Å². The number of aryl methyl sites for hydroxylation is 1. The van der Waals surface area contributed by atoms with Crippen LogP contribution >= 0.6 is 0 Å². The van der Waals surface area contributed by atoms with Gasteiger partial charge in [0.05, 0.1) is 12.3 Å². The molecule has 0 saturated heterocycles. The number of aromatic nitrogens is 1. The van der Waals surface area contributed by atoms with Gasteiger partial charge in [-0.1, -0.05) is 30.3 Å². The largest absolute Gasteiger partial charge is 0.380 e. The maximum absolute atomic E-state index is 5.14. The monoisotopic (exact) mass is 256 g/mol. The average molecular weight is 256 g/mol. The van der Waals surface area contributed by atoms with Crippen LogP contribution in [-0.2, 0) is 24.4 Å². The summed E-state index contributed by atoms with van der Waals surface area (Å²) in [5.74, 6) is 0. The van der Waals surface area contributed by atoms with E-state index in [1.165, 1.54) is 16.7 Å². The van der Waals surface area contributed by atoms with E-state index in [0.717, 1.165) is 18.8 Å². The molecule has 0 radical (unpaired) electrons. The van der Waals surface area contributed by atoms with Crippen LogP contribution in [0.1, 0.15) is 22.4 Å². The van der Waals surface area contributed by atoms with Gasteiger partial charge in [-0.05, 0) is 29.7 Å². The van der Waals surface area contributed by atoms with Gasteiger partial charge in [0.15, 0.2) is 0 Å². The highest BCUT2D eigenvalue weighted by Gasteiger charge is 1.97. The summed E-state index contributed by atoms with van der Waals surface area (Å²) >= 11 is 0. The SMILES string of the molecule is COCc1cccc(CNCc2ccc(C)cn2)c1. The van der Waals surface area contributed by atoms with Crippen LogP contribution in [-0.4, -0.2) is 12.1 Å². The molecule has 0 aliphatic carbocycles. The molecule has 1 N–H and O–H groups in total. The molecule has 0 bridgehead atoms. The summed E-state index contributed by atoms with van der Waals surface area (Å²) in [6.45, 7) is 4.33. The summed E-state index contributed by atoms with van der Waals surface area (Å²) in [7, 11) is 1.72. The molecular weight excluding hydrogens is 236 g/mol. The Morgan fingerprint density at radius 3 is 2.68 bits per heavy atom. The van der Waals surface area contributed by atoms with Crippen LogP contribution in [0.15, 0.2) is 42.6 Å². The normalized spacial score (nSPS) is 10.6. The molecular formula is C16H20N2O. The Morgan fingerprint density at radius 1 is 1.11 bits per heavy atom. The number of benzene rings is 1. The summed E-state index contributed by atoms with van der Waals surface area (Å²) in [5, 5.41) is 3.40. The Morgan fingerprint density at radius 2 is 1.95 bits per heavy atom. The molecule has 2 rings (SSSR count). The second kappa shape index (κ2) is 7.02. The quantitative estimate of drug-likeness (QED) is 0.863. The first-order valence-electron chi connectivity index (χ1n) is 6.47. The zero-order valence-corrected chi connectivity index (χ0v) is 11.5. The van der Waals surface area contributed by atoms with Crippen molar-refractivity contribution in [3.63, 3.8) is 0 Å². The van der Waals surface area contributed by atoms with Gasteiger partial charge >= 0.3 is 0 Å². The molecule has 0 spiro atoms. The number of rotatable bonds is 6. The van der Waals surface area contributed by atoms with E-state index in [4.69, 9.17) is 4.74 Å². The van der Waals surface area contributed by atoms with E-state index in [1.807, 2.05) is 13.1 Å². The number of methoxy groups -OCH3 is 1. The topological polar surface area (TPSA) is 34.1 Å². The lowest BCUT2D eigenvalue weighted by atomic mass is 10.1. The van der Waals surface area contributed by atoms with E-state index < -0.39 is 0 Å². The fourth-order valence-electron chi connectivity index (χ4n) is 1.93. The van der Waals surface area contributed by atoms with E-state index in [-0.39, 0.29) is 0 Å². The van der Waals surface area contributed by atoms with Crippen molar-refractivity contribution < 1.29 is 4.74 Å². The molecule has 3 nitrogen and oxygen atoms in total. The first-order valence-corrected chi connectivity index (χ1v) is 6.47. The van der Waals surface area contributed by atoms with Gasteiger partial charge in [-0.2, -0.15) is 0 Å². The molecule has 0 aliphatic heterocycles. The Hall–Kier alpha value is -1.71.